The molecule has 3 N–H and O–H groups in total. The molecule has 6 heteroatoms. The minimum absolute atomic E-state index is 0.00761. The van der Waals surface area contributed by atoms with E-state index in [1.807, 2.05) is 20.8 Å². The Morgan fingerprint density at radius 2 is 1.85 bits per heavy atom. The van der Waals surface area contributed by atoms with Gasteiger partial charge in [-0.15, -0.1) is 0 Å². The first kappa shape index (κ1) is 21.0. The standard InChI is InChI=1S/C21H37NO5/c1-6-15-9-12(3)21(22-20(15)25)14(5)19(24)13(4)17(27-21)10-16-11(2)7-8-18(23)26-16/h11-19,23-24H,6-10H2,1-5H3,(H,22,25)/t11-,12-,13-,14-,15-,16-,17-,18?,19-,21+/m0/s1. The SMILES string of the molecule is CC[C@H]1C[C@H](C)[C@@]2(NC1=O)O[C@@H](C[C@@H]1OC(O)CC[C@@H]1C)[C@H](C)[C@H](O)[C@@H]2C. The number of nitrogens with one attached hydrogen (secondary N) is 1. The molecule has 3 rings (SSSR count). The number of hydrogen-bond acceptors (Lipinski definition) is 5. The van der Waals surface area contributed by atoms with E-state index in [1.165, 1.54) is 0 Å². The van der Waals surface area contributed by atoms with Crippen molar-refractivity contribution in [2.75, 3.05) is 0 Å². The van der Waals surface area contributed by atoms with Gasteiger partial charge in [0.05, 0.1) is 18.3 Å². The fraction of sp³-hybridized carbons (Fsp3) is 0.952. The molecular formula is C21H37NO5. The number of ether oxygens (including phenoxy) is 2. The molecule has 3 saturated heterocycles. The normalized spacial score (nSPS) is 51.2. The summed E-state index contributed by atoms with van der Waals surface area (Å²) in [6, 6.07) is 0. The van der Waals surface area contributed by atoms with Crippen LogP contribution in [0, 0.1) is 29.6 Å². The van der Waals surface area contributed by atoms with Crippen molar-refractivity contribution in [2.24, 2.45) is 29.6 Å². The Bertz CT molecular complexity index is 543. The predicted octanol–water partition coefficient (Wildman–Crippen LogP) is 2.42. The highest BCUT2D eigenvalue weighted by atomic mass is 16.6. The van der Waals surface area contributed by atoms with Gasteiger partial charge >= 0.3 is 0 Å². The van der Waals surface area contributed by atoms with Gasteiger partial charge in [-0.2, -0.15) is 0 Å². The molecule has 3 aliphatic heterocycles. The molecule has 3 fully saturated rings. The van der Waals surface area contributed by atoms with Crippen LogP contribution in [0.15, 0.2) is 0 Å². The zero-order chi connectivity index (χ0) is 19.9. The first-order valence-electron chi connectivity index (χ1n) is 10.7. The second-order valence-corrected chi connectivity index (χ2v) is 9.24. The van der Waals surface area contributed by atoms with Crippen molar-refractivity contribution in [1.29, 1.82) is 0 Å². The van der Waals surface area contributed by atoms with E-state index in [9.17, 15) is 15.0 Å². The maximum absolute atomic E-state index is 12.6. The van der Waals surface area contributed by atoms with Crippen LogP contribution in [0.2, 0.25) is 0 Å². The highest BCUT2D eigenvalue weighted by Crippen LogP contribution is 2.46. The van der Waals surface area contributed by atoms with Crippen LogP contribution in [0.4, 0.5) is 0 Å². The molecule has 156 valence electrons. The number of rotatable bonds is 3. The molecule has 0 aliphatic carbocycles. The quantitative estimate of drug-likeness (QED) is 0.697. The van der Waals surface area contributed by atoms with E-state index in [4.69, 9.17) is 9.47 Å². The van der Waals surface area contributed by atoms with E-state index in [-0.39, 0.29) is 41.8 Å². The zero-order valence-electron chi connectivity index (χ0n) is 17.4. The van der Waals surface area contributed by atoms with Gasteiger partial charge in [-0.05, 0) is 31.6 Å². The summed E-state index contributed by atoms with van der Waals surface area (Å²) in [6.45, 7) is 10.3. The van der Waals surface area contributed by atoms with Crippen LogP contribution in [0.3, 0.4) is 0 Å². The minimum Gasteiger partial charge on any atom is -0.392 e. The Morgan fingerprint density at radius 3 is 2.52 bits per heavy atom. The average molecular weight is 384 g/mol. The molecule has 6 nitrogen and oxygen atoms in total. The van der Waals surface area contributed by atoms with E-state index in [1.54, 1.807) is 0 Å². The molecule has 0 aromatic rings. The van der Waals surface area contributed by atoms with Crippen LogP contribution < -0.4 is 5.32 Å². The van der Waals surface area contributed by atoms with Gasteiger partial charge in [0.15, 0.2) is 6.29 Å². The van der Waals surface area contributed by atoms with Crippen molar-refractivity contribution in [2.45, 2.75) is 97.0 Å². The third-order valence-corrected chi connectivity index (χ3v) is 7.51. The van der Waals surface area contributed by atoms with Gasteiger partial charge in [0.2, 0.25) is 5.91 Å². The van der Waals surface area contributed by atoms with Crippen molar-refractivity contribution in [3.05, 3.63) is 0 Å². The van der Waals surface area contributed by atoms with E-state index in [0.29, 0.717) is 18.8 Å². The van der Waals surface area contributed by atoms with Crippen LogP contribution >= 0.6 is 0 Å². The molecule has 1 unspecified atom stereocenters. The Hall–Kier alpha value is -0.690. The van der Waals surface area contributed by atoms with Gasteiger partial charge in [0.25, 0.3) is 0 Å². The summed E-state index contributed by atoms with van der Waals surface area (Å²) < 4.78 is 12.4. The second-order valence-electron chi connectivity index (χ2n) is 9.24. The molecular weight excluding hydrogens is 346 g/mol. The number of piperidine rings is 1. The van der Waals surface area contributed by atoms with Crippen molar-refractivity contribution >= 4 is 5.91 Å². The molecule has 1 spiro atoms. The zero-order valence-corrected chi connectivity index (χ0v) is 17.4. The Balaban J connectivity index is 1.81. The van der Waals surface area contributed by atoms with Gasteiger partial charge in [-0.3, -0.25) is 4.79 Å². The summed E-state index contributed by atoms with van der Waals surface area (Å²) in [7, 11) is 0. The molecule has 0 aromatic carbocycles. The summed E-state index contributed by atoms with van der Waals surface area (Å²) in [5.74, 6) is 0.243. The first-order chi connectivity index (χ1) is 12.7. The molecule has 0 aromatic heterocycles. The minimum atomic E-state index is -0.837. The van der Waals surface area contributed by atoms with Crippen molar-refractivity contribution < 1.29 is 24.5 Å². The molecule has 27 heavy (non-hydrogen) atoms. The maximum Gasteiger partial charge on any atom is 0.225 e. The fourth-order valence-corrected chi connectivity index (χ4v) is 5.36. The van der Waals surface area contributed by atoms with E-state index < -0.39 is 18.1 Å². The number of aliphatic hydroxyl groups excluding tert-OH is 2. The fourth-order valence-electron chi connectivity index (χ4n) is 5.36. The molecule has 1 amide bonds. The largest absolute Gasteiger partial charge is 0.392 e. The van der Waals surface area contributed by atoms with Gasteiger partial charge in [-0.1, -0.05) is 34.6 Å². The van der Waals surface area contributed by atoms with E-state index in [0.717, 1.165) is 19.3 Å². The molecule has 0 radical (unpaired) electrons. The van der Waals surface area contributed by atoms with Crippen LogP contribution in [-0.2, 0) is 14.3 Å². The van der Waals surface area contributed by atoms with Crippen LogP contribution in [0.5, 0.6) is 0 Å². The lowest BCUT2D eigenvalue weighted by molar-refractivity contribution is -0.274. The Kier molecular flexibility index (Phi) is 6.21. The number of amides is 1. The summed E-state index contributed by atoms with van der Waals surface area (Å²) in [4.78, 5) is 12.6. The first-order valence-corrected chi connectivity index (χ1v) is 10.7. The molecule has 3 heterocycles. The van der Waals surface area contributed by atoms with Crippen LogP contribution in [0.1, 0.15) is 66.7 Å². The lowest BCUT2D eigenvalue weighted by atomic mass is 9.69. The third-order valence-electron chi connectivity index (χ3n) is 7.51. The van der Waals surface area contributed by atoms with Gasteiger partial charge in [0, 0.05) is 30.1 Å². The predicted molar refractivity (Wildman–Crippen MR) is 102 cm³/mol. The summed E-state index contributed by atoms with van der Waals surface area (Å²) in [5, 5.41) is 24.0. The van der Waals surface area contributed by atoms with E-state index >= 15 is 0 Å². The topological polar surface area (TPSA) is 88.0 Å². The summed E-state index contributed by atoms with van der Waals surface area (Å²) >= 11 is 0. The third kappa shape index (κ3) is 3.78. The van der Waals surface area contributed by atoms with Gasteiger partial charge < -0.3 is 25.0 Å². The van der Waals surface area contributed by atoms with Gasteiger partial charge in [-0.25, -0.2) is 0 Å². The number of carbonyl (C=O) groups excluding carboxylic acids is 1. The Morgan fingerprint density at radius 1 is 1.15 bits per heavy atom. The highest BCUT2D eigenvalue weighted by Gasteiger charge is 2.57. The van der Waals surface area contributed by atoms with Crippen molar-refractivity contribution in [3.63, 3.8) is 0 Å². The highest BCUT2D eigenvalue weighted by molar-refractivity contribution is 5.80. The molecule has 0 saturated carbocycles. The van der Waals surface area contributed by atoms with Crippen molar-refractivity contribution in [1.82, 2.24) is 5.32 Å². The lowest BCUT2D eigenvalue weighted by Gasteiger charge is -2.56. The average Bonchev–Trinajstić information content (AvgIpc) is 2.63. The second kappa shape index (κ2) is 7.97. The Labute approximate surface area is 163 Å². The van der Waals surface area contributed by atoms with Gasteiger partial charge in [0.1, 0.15) is 5.72 Å². The van der Waals surface area contributed by atoms with Crippen LogP contribution in [-0.4, -0.2) is 46.4 Å². The number of carbonyl (C=O) groups is 1. The summed E-state index contributed by atoms with van der Waals surface area (Å²) in [5.41, 5.74) is -0.837. The van der Waals surface area contributed by atoms with Crippen molar-refractivity contribution in [3.8, 4) is 0 Å². The van der Waals surface area contributed by atoms with E-state index in [2.05, 4.69) is 19.2 Å². The summed E-state index contributed by atoms with van der Waals surface area (Å²) in [6.07, 6.45) is 2.17. The lowest BCUT2D eigenvalue weighted by Crippen LogP contribution is -2.71. The monoisotopic (exact) mass is 383 g/mol. The molecule has 0 bridgehead atoms. The number of hydrogen-bond donors (Lipinski definition) is 3. The number of aliphatic hydroxyl groups is 2. The maximum atomic E-state index is 12.6. The smallest absolute Gasteiger partial charge is 0.225 e. The van der Waals surface area contributed by atoms with Crippen LogP contribution in [0.25, 0.3) is 0 Å². The molecule has 10 atom stereocenters. The molecule has 3 aliphatic rings.